The van der Waals surface area contributed by atoms with Gasteiger partial charge in [0.2, 0.25) is 5.78 Å². The van der Waals surface area contributed by atoms with Crippen LogP contribution in [0.1, 0.15) is 10.5 Å². The van der Waals surface area contributed by atoms with Gasteiger partial charge in [-0.05, 0) is 6.07 Å². The predicted octanol–water partition coefficient (Wildman–Crippen LogP) is -1.37. The zero-order chi connectivity index (χ0) is 11.9. The van der Waals surface area contributed by atoms with Crippen LogP contribution in [0.3, 0.4) is 0 Å². The zero-order valence-electron chi connectivity index (χ0n) is 7.81. The summed E-state index contributed by atoms with van der Waals surface area (Å²) in [6.45, 7) is 0. The SMILES string of the molecule is NC(=O)c1cn2c(P(=O)(O)O)ccnc2n1. The van der Waals surface area contributed by atoms with Crippen molar-refractivity contribution in [2.75, 3.05) is 0 Å². The lowest BCUT2D eigenvalue weighted by Crippen LogP contribution is -2.14. The van der Waals surface area contributed by atoms with Crippen molar-refractivity contribution in [3.63, 3.8) is 0 Å². The molecule has 0 spiro atoms. The molecule has 0 aliphatic rings. The van der Waals surface area contributed by atoms with Gasteiger partial charge in [-0.1, -0.05) is 0 Å². The van der Waals surface area contributed by atoms with E-state index in [2.05, 4.69) is 9.97 Å². The summed E-state index contributed by atoms with van der Waals surface area (Å²) in [5.41, 5.74) is 4.60. The molecular formula is C7H7N4O4P. The lowest BCUT2D eigenvalue weighted by molar-refractivity contribution is 0.0996. The minimum atomic E-state index is -4.45. The minimum absolute atomic E-state index is 0.00891. The van der Waals surface area contributed by atoms with Crippen LogP contribution in [0.4, 0.5) is 0 Å². The first-order chi connectivity index (χ1) is 7.39. The van der Waals surface area contributed by atoms with Crippen LogP contribution in [0.5, 0.6) is 0 Å². The van der Waals surface area contributed by atoms with Crippen LogP contribution in [0.15, 0.2) is 18.5 Å². The number of nitrogens with zero attached hydrogens (tertiary/aromatic N) is 3. The molecule has 0 atom stereocenters. The van der Waals surface area contributed by atoms with Gasteiger partial charge in [-0.15, -0.1) is 0 Å². The van der Waals surface area contributed by atoms with Crippen LogP contribution in [-0.4, -0.2) is 30.1 Å². The smallest absolute Gasteiger partial charge is 0.364 e. The third-order valence-electron chi connectivity index (χ3n) is 1.90. The Kier molecular flexibility index (Phi) is 2.27. The summed E-state index contributed by atoms with van der Waals surface area (Å²) in [5.74, 6) is -0.781. The van der Waals surface area contributed by atoms with Crippen LogP contribution in [0.25, 0.3) is 5.78 Å². The maximum Gasteiger partial charge on any atom is 0.372 e. The highest BCUT2D eigenvalue weighted by atomic mass is 31.2. The van der Waals surface area contributed by atoms with E-state index in [-0.39, 0.29) is 16.9 Å². The molecule has 0 radical (unpaired) electrons. The van der Waals surface area contributed by atoms with Gasteiger partial charge in [0.25, 0.3) is 5.91 Å². The molecule has 4 N–H and O–H groups in total. The van der Waals surface area contributed by atoms with E-state index in [0.717, 1.165) is 16.7 Å². The van der Waals surface area contributed by atoms with E-state index in [1.54, 1.807) is 0 Å². The molecule has 0 fully saturated rings. The van der Waals surface area contributed by atoms with E-state index >= 15 is 0 Å². The summed E-state index contributed by atoms with van der Waals surface area (Å²) in [4.78, 5) is 36.4. The Morgan fingerprint density at radius 3 is 2.75 bits per heavy atom. The molecular weight excluding hydrogens is 235 g/mol. The number of hydrogen-bond acceptors (Lipinski definition) is 4. The first-order valence-corrected chi connectivity index (χ1v) is 5.71. The average molecular weight is 242 g/mol. The molecule has 0 unspecified atom stereocenters. The van der Waals surface area contributed by atoms with Crippen molar-refractivity contribution in [3.05, 3.63) is 24.2 Å². The number of primary amides is 1. The normalized spacial score (nSPS) is 11.9. The first kappa shape index (κ1) is 10.7. The van der Waals surface area contributed by atoms with E-state index in [1.807, 2.05) is 0 Å². The highest BCUT2D eigenvalue weighted by molar-refractivity contribution is 7.60. The van der Waals surface area contributed by atoms with Crippen LogP contribution < -0.4 is 11.2 Å². The number of nitrogens with two attached hydrogens (primary N) is 1. The Hall–Kier alpha value is -1.76. The number of fused-ring (bicyclic) bond motifs is 1. The molecule has 0 bridgehead atoms. The fourth-order valence-corrected chi connectivity index (χ4v) is 1.93. The molecule has 9 heteroatoms. The summed E-state index contributed by atoms with van der Waals surface area (Å²) in [5, 5.41) is 0. The Morgan fingerprint density at radius 1 is 1.50 bits per heavy atom. The number of imidazole rings is 1. The van der Waals surface area contributed by atoms with E-state index in [1.165, 1.54) is 6.20 Å². The molecule has 2 heterocycles. The lowest BCUT2D eigenvalue weighted by Gasteiger charge is -2.05. The van der Waals surface area contributed by atoms with Gasteiger partial charge in [0.05, 0.1) is 0 Å². The average Bonchev–Trinajstić information content (AvgIpc) is 2.58. The van der Waals surface area contributed by atoms with Crippen molar-refractivity contribution >= 4 is 24.7 Å². The molecule has 2 aromatic rings. The van der Waals surface area contributed by atoms with Crippen molar-refractivity contribution in [1.82, 2.24) is 14.4 Å². The molecule has 2 aromatic heterocycles. The predicted molar refractivity (Wildman–Crippen MR) is 53.2 cm³/mol. The summed E-state index contributed by atoms with van der Waals surface area (Å²) in [6.07, 6.45) is 2.33. The lowest BCUT2D eigenvalue weighted by atomic mass is 10.5. The fourth-order valence-electron chi connectivity index (χ4n) is 1.24. The monoisotopic (exact) mass is 242 g/mol. The van der Waals surface area contributed by atoms with Gasteiger partial charge in [-0.3, -0.25) is 13.8 Å². The van der Waals surface area contributed by atoms with E-state index in [0.29, 0.717) is 0 Å². The van der Waals surface area contributed by atoms with Gasteiger partial charge >= 0.3 is 7.60 Å². The molecule has 1 amide bonds. The molecule has 16 heavy (non-hydrogen) atoms. The van der Waals surface area contributed by atoms with Gasteiger partial charge in [0.1, 0.15) is 11.1 Å². The third-order valence-corrected chi connectivity index (χ3v) is 2.86. The molecule has 0 aliphatic heterocycles. The Balaban J connectivity index is 2.78. The summed E-state index contributed by atoms with van der Waals surface area (Å²) >= 11 is 0. The summed E-state index contributed by atoms with van der Waals surface area (Å²) in [6, 6.07) is 1.15. The first-order valence-electron chi connectivity index (χ1n) is 4.09. The second-order valence-corrected chi connectivity index (χ2v) is 4.55. The Morgan fingerprint density at radius 2 is 2.19 bits per heavy atom. The highest BCUT2D eigenvalue weighted by Crippen LogP contribution is 2.32. The van der Waals surface area contributed by atoms with Crippen molar-refractivity contribution < 1.29 is 19.1 Å². The molecule has 8 nitrogen and oxygen atoms in total. The number of carbonyl (C=O) groups excluding carboxylic acids is 1. The molecule has 84 valence electrons. The zero-order valence-corrected chi connectivity index (χ0v) is 8.70. The van der Waals surface area contributed by atoms with Gasteiger partial charge in [-0.2, -0.15) is 0 Å². The van der Waals surface area contributed by atoms with Gasteiger partial charge < -0.3 is 15.5 Å². The van der Waals surface area contributed by atoms with Crippen molar-refractivity contribution in [3.8, 4) is 0 Å². The second-order valence-electron chi connectivity index (χ2n) is 3.01. The summed E-state index contributed by atoms with van der Waals surface area (Å²) < 4.78 is 12.2. The maximum absolute atomic E-state index is 11.1. The molecule has 0 aliphatic carbocycles. The molecule has 2 rings (SSSR count). The van der Waals surface area contributed by atoms with E-state index in [4.69, 9.17) is 15.5 Å². The fraction of sp³-hybridized carbons (Fsp3) is 0. The van der Waals surface area contributed by atoms with Gasteiger partial charge in [0.15, 0.2) is 0 Å². The van der Waals surface area contributed by atoms with Crippen molar-refractivity contribution in [1.29, 1.82) is 0 Å². The maximum atomic E-state index is 11.1. The standard InChI is InChI=1S/C7H7N4O4P/c8-6(12)4-3-11-5(16(13,14)15)1-2-9-7(11)10-4/h1-3H,(H2,8,12)(H2,13,14,15). The largest absolute Gasteiger partial charge is 0.372 e. The Bertz CT molecular complexity index is 616. The minimum Gasteiger partial charge on any atom is -0.364 e. The van der Waals surface area contributed by atoms with Crippen molar-refractivity contribution in [2.45, 2.75) is 0 Å². The highest BCUT2D eigenvalue weighted by Gasteiger charge is 2.22. The number of rotatable bonds is 2. The van der Waals surface area contributed by atoms with Crippen LogP contribution in [0.2, 0.25) is 0 Å². The quantitative estimate of drug-likeness (QED) is 0.557. The number of amides is 1. The van der Waals surface area contributed by atoms with Crippen LogP contribution in [0, 0.1) is 0 Å². The third kappa shape index (κ3) is 1.69. The van der Waals surface area contributed by atoms with Gasteiger partial charge in [-0.25, -0.2) is 9.97 Å². The summed E-state index contributed by atoms with van der Waals surface area (Å²) in [7, 11) is -4.45. The molecule has 0 saturated heterocycles. The topological polar surface area (TPSA) is 131 Å². The number of aromatic nitrogens is 3. The Labute approximate surface area is 88.9 Å². The molecule has 0 saturated carbocycles. The van der Waals surface area contributed by atoms with Crippen LogP contribution >= 0.6 is 7.60 Å². The second kappa shape index (κ2) is 3.38. The molecule has 0 aromatic carbocycles. The van der Waals surface area contributed by atoms with Crippen molar-refractivity contribution in [2.24, 2.45) is 5.73 Å². The number of carbonyl (C=O) groups is 1. The van der Waals surface area contributed by atoms with Gasteiger partial charge in [0, 0.05) is 12.4 Å². The van der Waals surface area contributed by atoms with E-state index < -0.39 is 13.5 Å². The van der Waals surface area contributed by atoms with Crippen LogP contribution in [-0.2, 0) is 4.57 Å². The number of hydrogen-bond donors (Lipinski definition) is 3. The van der Waals surface area contributed by atoms with E-state index in [9.17, 15) is 9.36 Å².